The molecular weight excluding hydrogens is 420 g/mol. The summed E-state index contributed by atoms with van der Waals surface area (Å²) < 4.78 is 6.11. The highest BCUT2D eigenvalue weighted by atomic mass is 32.1. The van der Waals surface area contributed by atoms with Gasteiger partial charge in [-0.15, -0.1) is 11.3 Å². The van der Waals surface area contributed by atoms with E-state index in [1.54, 1.807) is 0 Å². The molecule has 3 N–H and O–H groups in total. The van der Waals surface area contributed by atoms with Crippen LogP contribution in [0, 0.1) is 12.8 Å². The quantitative estimate of drug-likeness (QED) is 0.624. The first-order valence-corrected chi connectivity index (χ1v) is 12.4. The van der Waals surface area contributed by atoms with Gasteiger partial charge in [-0.1, -0.05) is 12.5 Å². The van der Waals surface area contributed by atoms with Gasteiger partial charge in [0, 0.05) is 35.4 Å². The van der Waals surface area contributed by atoms with Crippen LogP contribution in [-0.2, 0) is 6.42 Å². The van der Waals surface area contributed by atoms with Crippen molar-refractivity contribution in [2.75, 3.05) is 23.8 Å². The van der Waals surface area contributed by atoms with Crippen molar-refractivity contribution in [3.05, 3.63) is 46.5 Å². The number of nitrogens with zero attached hydrogens (tertiary/aromatic N) is 2. The van der Waals surface area contributed by atoms with E-state index in [4.69, 9.17) is 10.5 Å². The zero-order valence-electron chi connectivity index (χ0n) is 18.3. The van der Waals surface area contributed by atoms with E-state index in [9.17, 15) is 4.79 Å². The van der Waals surface area contributed by atoms with Crippen LogP contribution in [0.4, 0.5) is 11.4 Å². The highest BCUT2D eigenvalue weighted by Gasteiger charge is 2.37. The number of hydrogen-bond acceptors (Lipinski definition) is 6. The minimum absolute atomic E-state index is 0.0776. The Balaban J connectivity index is 1.17. The van der Waals surface area contributed by atoms with Crippen LogP contribution >= 0.6 is 11.3 Å². The number of fused-ring (bicyclic) bond motifs is 3. The lowest BCUT2D eigenvalue weighted by molar-refractivity contribution is 0.0920. The molecule has 2 aromatic heterocycles. The van der Waals surface area contributed by atoms with Crippen LogP contribution in [0.3, 0.4) is 0 Å². The van der Waals surface area contributed by atoms with Crippen molar-refractivity contribution in [2.45, 2.75) is 51.1 Å². The predicted molar refractivity (Wildman–Crippen MR) is 129 cm³/mol. The number of aryl methyl sites for hydroxylation is 1. The number of nitrogen functional groups attached to an aromatic ring is 1. The number of anilines is 2. The molecule has 1 aliphatic carbocycles. The minimum atomic E-state index is -0.152. The van der Waals surface area contributed by atoms with Gasteiger partial charge in [-0.25, -0.2) is 4.98 Å². The first kappa shape index (κ1) is 19.9. The number of pyridine rings is 1. The highest BCUT2D eigenvalue weighted by Crippen LogP contribution is 2.42. The molecule has 7 heteroatoms. The van der Waals surface area contributed by atoms with Crippen molar-refractivity contribution in [1.82, 2.24) is 10.3 Å². The molecule has 0 radical (unpaired) electrons. The Labute approximate surface area is 191 Å². The largest absolute Gasteiger partial charge is 0.491 e. The summed E-state index contributed by atoms with van der Waals surface area (Å²) in [7, 11) is 0. The molecule has 6 nitrogen and oxygen atoms in total. The molecule has 1 saturated heterocycles. The molecular formula is C25H28N4O2S. The van der Waals surface area contributed by atoms with Gasteiger partial charge in [0.15, 0.2) is 0 Å². The molecule has 3 aliphatic rings. The van der Waals surface area contributed by atoms with Crippen LogP contribution in [0.2, 0.25) is 0 Å². The number of nitrogens with one attached hydrogen (secondary N) is 1. The van der Waals surface area contributed by atoms with Gasteiger partial charge in [-0.3, -0.25) is 4.79 Å². The van der Waals surface area contributed by atoms with Gasteiger partial charge in [0.25, 0.3) is 5.91 Å². The Hall–Kier alpha value is -2.80. The number of aromatic nitrogens is 1. The molecule has 1 amide bonds. The summed E-state index contributed by atoms with van der Waals surface area (Å²) in [5, 5.41) is 3.96. The van der Waals surface area contributed by atoms with Gasteiger partial charge in [-0.2, -0.15) is 0 Å². The lowest BCUT2D eigenvalue weighted by Crippen LogP contribution is -2.42. The zero-order valence-corrected chi connectivity index (χ0v) is 19.1. The number of hydrogen-bond donors (Lipinski definition) is 2. The fourth-order valence-electron chi connectivity index (χ4n) is 5.70. The lowest BCUT2D eigenvalue weighted by atomic mass is 10.0. The van der Waals surface area contributed by atoms with E-state index in [0.717, 1.165) is 46.1 Å². The molecule has 4 heterocycles. The number of rotatable bonds is 3. The molecule has 1 aromatic carbocycles. The van der Waals surface area contributed by atoms with Gasteiger partial charge in [-0.05, 0) is 62.3 Å². The van der Waals surface area contributed by atoms with Crippen molar-refractivity contribution in [3.63, 3.8) is 0 Å². The van der Waals surface area contributed by atoms with Gasteiger partial charge in [0.05, 0.1) is 11.7 Å². The van der Waals surface area contributed by atoms with Crippen molar-refractivity contribution < 1.29 is 9.53 Å². The molecule has 2 fully saturated rings. The highest BCUT2D eigenvalue weighted by molar-refractivity contribution is 7.21. The van der Waals surface area contributed by atoms with Crippen LogP contribution in [0.1, 0.15) is 46.6 Å². The molecule has 6 rings (SSSR count). The van der Waals surface area contributed by atoms with Crippen LogP contribution in [-0.4, -0.2) is 36.1 Å². The summed E-state index contributed by atoms with van der Waals surface area (Å²) in [6, 6.07) is 11.1. The molecule has 2 aliphatic heterocycles. The number of nitrogens with two attached hydrogens (primary N) is 1. The van der Waals surface area contributed by atoms with Gasteiger partial charge in [0.1, 0.15) is 22.1 Å². The maximum atomic E-state index is 13.0. The minimum Gasteiger partial charge on any atom is -0.491 e. The van der Waals surface area contributed by atoms with Crippen LogP contribution in [0.15, 0.2) is 30.3 Å². The van der Waals surface area contributed by atoms with E-state index in [2.05, 4.69) is 33.4 Å². The normalized spacial score (nSPS) is 24.3. The Kier molecular flexibility index (Phi) is 4.75. The first-order valence-electron chi connectivity index (χ1n) is 11.6. The van der Waals surface area contributed by atoms with Crippen molar-refractivity contribution in [1.29, 1.82) is 0 Å². The van der Waals surface area contributed by atoms with Crippen LogP contribution < -0.4 is 20.7 Å². The molecule has 1 saturated carbocycles. The maximum Gasteiger partial charge on any atom is 0.263 e. The number of carbonyl (C=O) groups is 1. The molecule has 0 unspecified atom stereocenters. The summed E-state index contributed by atoms with van der Waals surface area (Å²) in [6.07, 6.45) is 6.12. The van der Waals surface area contributed by atoms with Gasteiger partial charge >= 0.3 is 0 Å². The van der Waals surface area contributed by atoms with Crippen molar-refractivity contribution >= 4 is 38.8 Å². The topological polar surface area (TPSA) is 80.5 Å². The Morgan fingerprint density at radius 1 is 1.25 bits per heavy atom. The summed E-state index contributed by atoms with van der Waals surface area (Å²) in [5.74, 6) is 1.67. The second-order valence-corrected chi connectivity index (χ2v) is 10.4. The van der Waals surface area contributed by atoms with Crippen LogP contribution in [0.5, 0.6) is 5.75 Å². The van der Waals surface area contributed by atoms with Crippen molar-refractivity contribution in [3.8, 4) is 5.75 Å². The number of benzene rings is 1. The second-order valence-electron chi connectivity index (χ2n) is 9.37. The standard InChI is InChI=1S/C25H28N4O2S/c1-14-5-8-19-22(26)23(32-25(19)27-14)24(30)28-17-11-16-6-7-18(12-21(16)31-13-17)29-10-9-15-3-2-4-20(15)29/h5-8,12,15,17,20H,2-4,9-11,13,26H2,1H3,(H,28,30)/t15-,17-,20-/m1/s1. The fourth-order valence-corrected chi connectivity index (χ4v) is 6.74. The monoisotopic (exact) mass is 448 g/mol. The molecule has 0 bridgehead atoms. The molecule has 3 aromatic rings. The van der Waals surface area contributed by atoms with E-state index in [1.165, 1.54) is 42.7 Å². The Morgan fingerprint density at radius 2 is 2.16 bits per heavy atom. The smallest absolute Gasteiger partial charge is 0.263 e. The average Bonchev–Trinajstić information content (AvgIpc) is 3.48. The third-order valence-electron chi connectivity index (χ3n) is 7.32. The summed E-state index contributed by atoms with van der Waals surface area (Å²) in [4.78, 5) is 21.4. The zero-order chi connectivity index (χ0) is 21.8. The Morgan fingerprint density at radius 3 is 3.06 bits per heavy atom. The molecule has 32 heavy (non-hydrogen) atoms. The number of amides is 1. The third kappa shape index (κ3) is 3.30. The van der Waals surface area contributed by atoms with E-state index in [1.807, 2.05) is 19.1 Å². The Bertz CT molecular complexity index is 1210. The van der Waals surface area contributed by atoms with Crippen LogP contribution in [0.25, 0.3) is 10.2 Å². The second kappa shape index (κ2) is 7.66. The SMILES string of the molecule is Cc1ccc2c(N)c(C(=O)N[C@H]3COc4cc(N5CC[C@H]6CCC[C@H]65)ccc4C3)sc2n1. The van der Waals surface area contributed by atoms with Crippen molar-refractivity contribution in [2.24, 2.45) is 5.92 Å². The van der Waals surface area contributed by atoms with E-state index < -0.39 is 0 Å². The fraction of sp³-hybridized carbons (Fsp3) is 0.440. The maximum absolute atomic E-state index is 13.0. The summed E-state index contributed by atoms with van der Waals surface area (Å²) in [6.45, 7) is 3.56. The van der Waals surface area contributed by atoms with E-state index in [-0.39, 0.29) is 11.9 Å². The van der Waals surface area contributed by atoms with Gasteiger partial charge < -0.3 is 20.7 Å². The third-order valence-corrected chi connectivity index (χ3v) is 8.44. The number of thiophene rings is 1. The van der Waals surface area contributed by atoms with E-state index in [0.29, 0.717) is 23.2 Å². The molecule has 3 atom stereocenters. The number of ether oxygens (including phenoxy) is 1. The van der Waals surface area contributed by atoms with E-state index >= 15 is 0 Å². The molecule has 166 valence electrons. The predicted octanol–water partition coefficient (Wildman–Crippen LogP) is 4.30. The summed E-state index contributed by atoms with van der Waals surface area (Å²) in [5.41, 5.74) is 10.1. The average molecular weight is 449 g/mol. The number of carbonyl (C=O) groups excluding carboxylic acids is 1. The lowest BCUT2D eigenvalue weighted by Gasteiger charge is -2.30. The first-order chi connectivity index (χ1) is 15.6. The van der Waals surface area contributed by atoms with Gasteiger partial charge in [0.2, 0.25) is 0 Å². The summed E-state index contributed by atoms with van der Waals surface area (Å²) >= 11 is 1.35. The molecule has 0 spiro atoms.